The molecule has 0 amide bonds. The number of benzene rings is 4. The molecule has 4 aromatic carbocycles. The second kappa shape index (κ2) is 6.42. The van der Waals surface area contributed by atoms with Gasteiger partial charge in [0.25, 0.3) is 0 Å². The molecule has 4 rings (SSSR count). The molecule has 0 atom stereocenters. The third-order valence-electron chi connectivity index (χ3n) is 6.09. The van der Waals surface area contributed by atoms with Crippen LogP contribution >= 0.6 is 15.9 Å². The normalized spacial score (nSPS) is 11.3. The highest BCUT2D eigenvalue weighted by Gasteiger charge is 2.13. The Morgan fingerprint density at radius 3 is 1.62 bits per heavy atom. The quantitative estimate of drug-likeness (QED) is 0.253. The molecule has 0 nitrogen and oxygen atoms in total. The van der Waals surface area contributed by atoms with Crippen LogP contribution in [0.25, 0.3) is 32.7 Å². The average molecular weight is 392 g/mol. The van der Waals surface area contributed by atoms with Crippen LogP contribution in [0.4, 0.5) is 0 Å². The summed E-state index contributed by atoms with van der Waals surface area (Å²) in [5.74, 6) is 0. The van der Waals surface area contributed by atoms with E-state index in [4.69, 9.17) is 0 Å². The summed E-state index contributed by atoms with van der Waals surface area (Å²) in [5.41, 5.74) is 9.72. The Hall–Kier alpha value is -1.80. The van der Waals surface area contributed by atoms with Gasteiger partial charge in [-0.2, -0.15) is 0 Å². The van der Waals surface area contributed by atoms with Crippen molar-refractivity contribution in [3.8, 4) is 11.1 Å². The average Bonchev–Trinajstić information content (AvgIpc) is 2.65. The van der Waals surface area contributed by atoms with Crippen LogP contribution in [0.3, 0.4) is 0 Å². The van der Waals surface area contributed by atoms with Gasteiger partial charge in [-0.3, -0.25) is 0 Å². The zero-order chi connectivity index (χ0) is 18.6. The predicted molar refractivity (Wildman–Crippen MR) is 135 cm³/mol. The summed E-state index contributed by atoms with van der Waals surface area (Å²) in [5, 5.41) is 5.18. The lowest BCUT2D eigenvalue weighted by Gasteiger charge is -2.21. The van der Waals surface area contributed by atoms with Crippen LogP contribution in [0.1, 0.15) is 0 Å². The molecule has 0 aliphatic rings. The van der Waals surface area contributed by atoms with E-state index >= 15 is 0 Å². The van der Waals surface area contributed by atoms with Gasteiger partial charge in [-0.1, -0.05) is 57.2 Å². The largest absolute Gasteiger partial charge is 0.139 e. The molecule has 26 heavy (non-hydrogen) atoms. The van der Waals surface area contributed by atoms with E-state index in [1.807, 2.05) is 0 Å². The van der Waals surface area contributed by atoms with E-state index in [1.54, 1.807) is 0 Å². The zero-order valence-corrected chi connectivity index (χ0v) is 17.6. The summed E-state index contributed by atoms with van der Waals surface area (Å²) in [4.78, 5) is 0. The fourth-order valence-corrected chi connectivity index (χ4v) is 4.47. The second-order valence-electron chi connectivity index (χ2n) is 7.37. The van der Waals surface area contributed by atoms with E-state index < -0.39 is 0 Å². The molecule has 0 unspecified atom stereocenters. The summed E-state index contributed by atoms with van der Waals surface area (Å²) in [6.07, 6.45) is 0. The van der Waals surface area contributed by atoms with Gasteiger partial charge in [-0.25, -0.2) is 0 Å². The summed E-state index contributed by atoms with van der Waals surface area (Å²) < 4.78 is 1.12. The zero-order valence-electron chi connectivity index (χ0n) is 16.0. The monoisotopic (exact) mass is 392 g/mol. The molecule has 0 aliphatic carbocycles. The maximum absolute atomic E-state index is 3.63. The van der Waals surface area contributed by atoms with E-state index in [0.717, 1.165) is 4.47 Å². The number of rotatable bonds is 1. The topological polar surface area (TPSA) is 0 Å². The summed E-state index contributed by atoms with van der Waals surface area (Å²) in [6, 6.07) is 17.9. The first-order valence-electron chi connectivity index (χ1n) is 9.08. The summed E-state index contributed by atoms with van der Waals surface area (Å²) >= 11 is 3.63. The Morgan fingerprint density at radius 2 is 1.00 bits per heavy atom. The van der Waals surface area contributed by atoms with Gasteiger partial charge in [0.2, 0.25) is 0 Å². The fraction of sp³-hybridized carbons (Fsp3) is 0. The Balaban J connectivity index is 2.08. The van der Waals surface area contributed by atoms with E-state index in [-0.39, 0.29) is 0 Å². The smallest absolute Gasteiger partial charge is 0.102 e. The molecule has 6 heteroatoms. The Kier molecular flexibility index (Phi) is 4.35. The van der Waals surface area contributed by atoms with Crippen LogP contribution in [0.2, 0.25) is 0 Å². The molecule has 0 N–H and O–H groups in total. The first-order chi connectivity index (χ1) is 12.4. The van der Waals surface area contributed by atoms with Crippen LogP contribution in [0.5, 0.6) is 0 Å². The van der Waals surface area contributed by atoms with Gasteiger partial charge in [-0.05, 0) is 50.9 Å². The van der Waals surface area contributed by atoms with Gasteiger partial charge in [0.1, 0.15) is 39.2 Å². The molecule has 0 bridgehead atoms. The highest BCUT2D eigenvalue weighted by molar-refractivity contribution is 9.10. The highest BCUT2D eigenvalue weighted by atomic mass is 79.9. The Labute approximate surface area is 167 Å². The van der Waals surface area contributed by atoms with Crippen LogP contribution in [-0.2, 0) is 0 Å². The van der Waals surface area contributed by atoms with Crippen molar-refractivity contribution in [1.29, 1.82) is 0 Å². The maximum Gasteiger partial charge on any atom is 0.139 e. The molecule has 4 aromatic rings. The molecule has 0 fully saturated rings. The molecule has 0 radical (unpaired) electrons. The fourth-order valence-electron chi connectivity index (χ4n) is 4.11. The highest BCUT2D eigenvalue weighted by Crippen LogP contribution is 2.30. The van der Waals surface area contributed by atoms with Crippen LogP contribution < -0.4 is 27.3 Å². The first kappa shape index (κ1) is 17.6. The standard InChI is InChI=1S/C20H18B5Br/c21-16-15(17(22)19(24)20(25)18(16)23)11-4-3-9-1-2-10-5-6-12(26)8-14(10)13(9)7-11/h1-8H,21-25H2. The molecule has 0 aromatic heterocycles. The van der Waals surface area contributed by atoms with Crippen molar-refractivity contribution in [2.45, 2.75) is 0 Å². The van der Waals surface area contributed by atoms with Crippen LogP contribution in [0.15, 0.2) is 53.0 Å². The number of fused-ring (bicyclic) bond motifs is 3. The van der Waals surface area contributed by atoms with Gasteiger partial charge in [0, 0.05) is 4.47 Å². The lowest BCUT2D eigenvalue weighted by molar-refractivity contribution is 1.71. The minimum Gasteiger partial charge on any atom is -0.102 e. The van der Waals surface area contributed by atoms with Gasteiger partial charge >= 0.3 is 0 Å². The SMILES string of the molecule is Bc1c(B)c(B)c(-c2ccc3ccc4ccc(Br)cc4c3c2)c(B)c1B. The molecule has 120 valence electrons. The minimum atomic E-state index is 1.12. The van der Waals surface area contributed by atoms with E-state index in [0.29, 0.717) is 0 Å². The molecule has 0 saturated carbocycles. The molecule has 0 saturated heterocycles. The van der Waals surface area contributed by atoms with E-state index in [9.17, 15) is 0 Å². The van der Waals surface area contributed by atoms with Crippen LogP contribution in [0, 0.1) is 0 Å². The third kappa shape index (κ3) is 2.67. The first-order valence-corrected chi connectivity index (χ1v) is 9.87. The van der Waals surface area contributed by atoms with E-state index in [2.05, 4.69) is 104 Å². The van der Waals surface area contributed by atoms with Crippen molar-refractivity contribution in [2.24, 2.45) is 0 Å². The van der Waals surface area contributed by atoms with Gasteiger partial charge in [-0.15, -0.1) is 16.4 Å². The Morgan fingerprint density at radius 1 is 0.538 bits per heavy atom. The van der Waals surface area contributed by atoms with Gasteiger partial charge in [0.05, 0.1) is 0 Å². The second-order valence-corrected chi connectivity index (χ2v) is 8.28. The van der Waals surface area contributed by atoms with Crippen molar-refractivity contribution in [3.63, 3.8) is 0 Å². The van der Waals surface area contributed by atoms with Crippen molar-refractivity contribution >= 4 is 104 Å². The van der Waals surface area contributed by atoms with Gasteiger partial charge in [0.15, 0.2) is 0 Å². The van der Waals surface area contributed by atoms with Crippen molar-refractivity contribution in [2.75, 3.05) is 0 Å². The summed E-state index contributed by atoms with van der Waals surface area (Å²) in [6.45, 7) is 0. The lowest BCUT2D eigenvalue weighted by Crippen LogP contribution is -2.55. The lowest BCUT2D eigenvalue weighted by atomic mass is 9.59. The van der Waals surface area contributed by atoms with Gasteiger partial charge < -0.3 is 0 Å². The molecular weight excluding hydrogens is 374 g/mol. The molecular formula is C20H18B5Br. The Bertz CT molecular complexity index is 1170. The number of hydrogen-bond donors (Lipinski definition) is 0. The number of halogens is 1. The molecule has 0 heterocycles. The van der Waals surface area contributed by atoms with Crippen molar-refractivity contribution < 1.29 is 0 Å². The molecule has 0 aliphatic heterocycles. The molecule has 0 spiro atoms. The van der Waals surface area contributed by atoms with Crippen LogP contribution in [-0.4, -0.2) is 39.2 Å². The van der Waals surface area contributed by atoms with E-state index in [1.165, 1.54) is 60.0 Å². The maximum atomic E-state index is 3.63. The van der Waals surface area contributed by atoms with Crippen molar-refractivity contribution in [3.05, 3.63) is 53.0 Å². The third-order valence-corrected chi connectivity index (χ3v) is 6.58. The van der Waals surface area contributed by atoms with Crippen molar-refractivity contribution in [1.82, 2.24) is 0 Å². The minimum absolute atomic E-state index is 1.12. The summed E-state index contributed by atoms with van der Waals surface area (Å²) in [7, 11) is 11.2. The predicted octanol–water partition coefficient (Wildman–Crippen LogP) is -2.29. The number of hydrogen-bond acceptors (Lipinski definition) is 0.